The predicted molar refractivity (Wildman–Crippen MR) is 101 cm³/mol. The van der Waals surface area contributed by atoms with E-state index in [4.69, 9.17) is 11.6 Å². The standard InChI is InChI=1S/C18H24BrClN2O2/c1-5-22-15-13(20)8-12(19)10-6-7-21(17(23)24)9-11(14(10)15)16(22)18(2,3)4/h8,11,16H,5-7,9H2,1-4H3,(H,23,24)/t11-,16?/m0/s1. The average Bonchev–Trinajstić information content (AvgIpc) is 2.67. The van der Waals surface area contributed by atoms with Gasteiger partial charge in [0, 0.05) is 36.1 Å². The predicted octanol–water partition coefficient (Wildman–Crippen LogP) is 4.98. The monoisotopic (exact) mass is 414 g/mol. The van der Waals surface area contributed by atoms with Gasteiger partial charge < -0.3 is 14.9 Å². The maximum absolute atomic E-state index is 11.7. The zero-order valence-corrected chi connectivity index (χ0v) is 16.9. The summed E-state index contributed by atoms with van der Waals surface area (Å²) in [6.07, 6.45) is -0.119. The maximum atomic E-state index is 11.7. The third kappa shape index (κ3) is 2.70. The molecule has 2 heterocycles. The minimum atomic E-state index is -0.839. The van der Waals surface area contributed by atoms with Gasteiger partial charge in [-0.25, -0.2) is 4.79 Å². The van der Waals surface area contributed by atoms with Gasteiger partial charge in [-0.15, -0.1) is 0 Å². The molecule has 0 saturated carbocycles. The molecule has 0 aromatic heterocycles. The number of likely N-dealkylation sites (N-methyl/N-ethyl adjacent to an activating group) is 1. The van der Waals surface area contributed by atoms with Crippen molar-refractivity contribution >= 4 is 39.3 Å². The summed E-state index contributed by atoms with van der Waals surface area (Å²) in [5.41, 5.74) is 3.59. The van der Waals surface area contributed by atoms with Crippen LogP contribution in [-0.4, -0.2) is 41.8 Å². The molecule has 0 radical (unpaired) electrons. The lowest BCUT2D eigenvalue weighted by molar-refractivity contribution is 0.138. The minimum Gasteiger partial charge on any atom is -0.465 e. The second kappa shape index (κ2) is 6.10. The van der Waals surface area contributed by atoms with Crippen LogP contribution in [0.2, 0.25) is 5.02 Å². The smallest absolute Gasteiger partial charge is 0.407 e. The van der Waals surface area contributed by atoms with E-state index in [9.17, 15) is 9.90 Å². The number of rotatable bonds is 1. The molecule has 6 heteroatoms. The van der Waals surface area contributed by atoms with Gasteiger partial charge in [-0.1, -0.05) is 48.3 Å². The number of halogens is 2. The van der Waals surface area contributed by atoms with E-state index in [-0.39, 0.29) is 17.4 Å². The minimum absolute atomic E-state index is 0.0152. The summed E-state index contributed by atoms with van der Waals surface area (Å²) in [6, 6.07) is 2.19. The molecule has 24 heavy (non-hydrogen) atoms. The van der Waals surface area contributed by atoms with Crippen molar-refractivity contribution in [2.75, 3.05) is 24.5 Å². The largest absolute Gasteiger partial charge is 0.465 e. The van der Waals surface area contributed by atoms with Crippen molar-refractivity contribution in [3.05, 3.63) is 26.7 Å². The molecule has 1 amide bonds. The Morgan fingerprint density at radius 1 is 1.46 bits per heavy atom. The van der Waals surface area contributed by atoms with Crippen LogP contribution in [0, 0.1) is 5.41 Å². The van der Waals surface area contributed by atoms with Gasteiger partial charge in [-0.05, 0) is 36.0 Å². The number of hydrogen-bond acceptors (Lipinski definition) is 2. The van der Waals surface area contributed by atoms with Crippen LogP contribution in [0.1, 0.15) is 44.7 Å². The van der Waals surface area contributed by atoms with E-state index in [1.807, 2.05) is 6.07 Å². The first-order chi connectivity index (χ1) is 11.2. The molecule has 0 aliphatic carbocycles. The highest BCUT2D eigenvalue weighted by Gasteiger charge is 2.48. The van der Waals surface area contributed by atoms with E-state index in [0.29, 0.717) is 13.1 Å². The van der Waals surface area contributed by atoms with E-state index < -0.39 is 6.09 Å². The molecular weight excluding hydrogens is 392 g/mol. The Bertz CT molecular complexity index is 687. The van der Waals surface area contributed by atoms with Crippen molar-refractivity contribution in [1.29, 1.82) is 0 Å². The van der Waals surface area contributed by atoms with E-state index in [0.717, 1.165) is 28.1 Å². The number of benzene rings is 1. The van der Waals surface area contributed by atoms with Crippen LogP contribution < -0.4 is 4.90 Å². The molecule has 0 saturated heterocycles. The summed E-state index contributed by atoms with van der Waals surface area (Å²) in [6.45, 7) is 10.7. The van der Waals surface area contributed by atoms with Crippen LogP contribution >= 0.6 is 27.5 Å². The van der Waals surface area contributed by atoms with Crippen molar-refractivity contribution in [2.45, 2.75) is 46.1 Å². The number of carbonyl (C=O) groups is 1. The molecular formula is C18H24BrClN2O2. The number of amides is 1. The molecule has 1 aromatic rings. The van der Waals surface area contributed by atoms with E-state index in [1.165, 1.54) is 11.1 Å². The maximum Gasteiger partial charge on any atom is 0.407 e. The summed E-state index contributed by atoms with van der Waals surface area (Å²) in [4.78, 5) is 15.6. The van der Waals surface area contributed by atoms with Crippen molar-refractivity contribution in [3.63, 3.8) is 0 Å². The summed E-state index contributed by atoms with van der Waals surface area (Å²) in [5, 5.41) is 10.3. The first-order valence-corrected chi connectivity index (χ1v) is 9.59. The Labute approximate surface area is 156 Å². The molecule has 2 aliphatic heterocycles. The number of anilines is 1. The Morgan fingerprint density at radius 3 is 2.67 bits per heavy atom. The molecule has 2 aliphatic rings. The Balaban J connectivity index is 2.24. The second-order valence-corrected chi connectivity index (χ2v) is 9.02. The Hall–Kier alpha value is -0.940. The van der Waals surface area contributed by atoms with Crippen LogP contribution in [0.25, 0.3) is 0 Å². The second-order valence-electron chi connectivity index (χ2n) is 7.76. The lowest BCUT2D eigenvalue weighted by Gasteiger charge is -2.40. The molecule has 132 valence electrons. The van der Waals surface area contributed by atoms with E-state index in [1.54, 1.807) is 4.90 Å². The lowest BCUT2D eigenvalue weighted by Crippen LogP contribution is -2.47. The molecule has 1 unspecified atom stereocenters. The fourth-order valence-electron chi connectivity index (χ4n) is 4.49. The number of hydrogen-bond donors (Lipinski definition) is 1. The molecule has 0 bridgehead atoms. The van der Waals surface area contributed by atoms with E-state index in [2.05, 4.69) is 48.5 Å². The first kappa shape index (κ1) is 17.9. The molecule has 3 rings (SSSR count). The molecule has 0 fully saturated rings. The first-order valence-electron chi connectivity index (χ1n) is 8.42. The lowest BCUT2D eigenvalue weighted by atomic mass is 9.77. The van der Waals surface area contributed by atoms with Crippen LogP contribution in [-0.2, 0) is 6.42 Å². The van der Waals surface area contributed by atoms with Gasteiger partial charge in [0.15, 0.2) is 0 Å². The Kier molecular flexibility index (Phi) is 4.54. The molecule has 1 N–H and O–H groups in total. The highest BCUT2D eigenvalue weighted by molar-refractivity contribution is 9.10. The summed E-state index contributed by atoms with van der Waals surface area (Å²) in [7, 11) is 0. The summed E-state index contributed by atoms with van der Waals surface area (Å²) >= 11 is 10.3. The summed E-state index contributed by atoms with van der Waals surface area (Å²) < 4.78 is 0.995. The van der Waals surface area contributed by atoms with Crippen LogP contribution in [0.3, 0.4) is 0 Å². The van der Waals surface area contributed by atoms with Gasteiger partial charge in [0.05, 0.1) is 10.7 Å². The van der Waals surface area contributed by atoms with Crippen molar-refractivity contribution in [2.24, 2.45) is 5.41 Å². The van der Waals surface area contributed by atoms with Gasteiger partial charge in [0.1, 0.15) is 0 Å². The molecule has 0 spiro atoms. The van der Waals surface area contributed by atoms with Gasteiger partial charge >= 0.3 is 6.09 Å². The zero-order valence-electron chi connectivity index (χ0n) is 14.6. The van der Waals surface area contributed by atoms with Crippen molar-refractivity contribution in [3.8, 4) is 0 Å². The van der Waals surface area contributed by atoms with Gasteiger partial charge in [0.25, 0.3) is 0 Å². The van der Waals surface area contributed by atoms with Gasteiger partial charge in [0.2, 0.25) is 0 Å². The van der Waals surface area contributed by atoms with Gasteiger partial charge in [-0.3, -0.25) is 0 Å². The van der Waals surface area contributed by atoms with E-state index >= 15 is 0 Å². The third-order valence-corrected chi connectivity index (χ3v) is 6.27. The molecule has 4 nitrogen and oxygen atoms in total. The topological polar surface area (TPSA) is 43.8 Å². The van der Waals surface area contributed by atoms with Crippen molar-refractivity contribution < 1.29 is 9.90 Å². The fraction of sp³-hybridized carbons (Fsp3) is 0.611. The quantitative estimate of drug-likeness (QED) is 0.703. The fourth-order valence-corrected chi connectivity index (χ4v) is 5.58. The van der Waals surface area contributed by atoms with Gasteiger partial charge in [-0.2, -0.15) is 0 Å². The number of nitrogens with zero attached hydrogens (tertiary/aromatic N) is 2. The number of carboxylic acid groups (broad SMARTS) is 1. The van der Waals surface area contributed by atoms with Crippen LogP contribution in [0.5, 0.6) is 0 Å². The average molecular weight is 416 g/mol. The van der Waals surface area contributed by atoms with Crippen LogP contribution in [0.15, 0.2) is 10.5 Å². The third-order valence-electron chi connectivity index (χ3n) is 5.27. The highest BCUT2D eigenvalue weighted by atomic mass is 79.9. The van der Waals surface area contributed by atoms with Crippen LogP contribution in [0.4, 0.5) is 10.5 Å². The Morgan fingerprint density at radius 2 is 2.12 bits per heavy atom. The zero-order chi connectivity index (χ0) is 17.8. The normalized spacial score (nSPS) is 23.2. The summed E-state index contributed by atoms with van der Waals surface area (Å²) in [5.74, 6) is 0.142. The molecule has 1 aromatic carbocycles. The van der Waals surface area contributed by atoms with Crippen molar-refractivity contribution in [1.82, 2.24) is 4.90 Å². The highest BCUT2D eigenvalue weighted by Crippen LogP contribution is 2.54. The molecule has 2 atom stereocenters. The SMILES string of the molecule is CCN1c2c(Cl)cc(Br)c3c2[C@H](CN(C(=O)O)CC3)C1C(C)(C)C.